The summed E-state index contributed by atoms with van der Waals surface area (Å²) < 4.78 is 9.45. The summed E-state index contributed by atoms with van der Waals surface area (Å²) in [5.41, 5.74) is 11.1. The summed E-state index contributed by atoms with van der Waals surface area (Å²) in [6, 6.07) is 30.3. The van der Waals surface area contributed by atoms with Crippen molar-refractivity contribution in [2.75, 3.05) is 0 Å². The maximum Gasteiger partial charge on any atom is 0.161 e. The van der Waals surface area contributed by atoms with E-state index >= 15 is 0 Å². The minimum Gasteiger partial charge on any atom is -0.454 e. The Bertz CT molecular complexity index is 1990. The zero-order valence-corrected chi connectivity index (χ0v) is 22.7. The molecule has 2 nitrogen and oxygen atoms in total. The molecule has 0 N–H and O–H groups in total. The van der Waals surface area contributed by atoms with Crippen molar-refractivity contribution in [3.05, 3.63) is 113 Å². The number of hydrogen-bond acceptors (Lipinski definition) is 3. The summed E-state index contributed by atoms with van der Waals surface area (Å²) in [4.78, 5) is 4.97. The van der Waals surface area contributed by atoms with Crippen LogP contribution in [-0.2, 0) is 0 Å². The van der Waals surface area contributed by atoms with E-state index in [4.69, 9.17) is 9.40 Å². The highest BCUT2D eigenvalue weighted by atomic mass is 32.1. The van der Waals surface area contributed by atoms with Crippen LogP contribution in [-0.4, -0.2) is 4.98 Å². The van der Waals surface area contributed by atoms with Crippen LogP contribution < -0.4 is 0 Å². The monoisotopic (exact) mass is 509 g/mol. The lowest BCUT2D eigenvalue weighted by Crippen LogP contribution is -1.89. The van der Waals surface area contributed by atoms with Crippen molar-refractivity contribution in [1.82, 2.24) is 4.98 Å². The van der Waals surface area contributed by atoms with Crippen LogP contribution in [0.5, 0.6) is 0 Å². The number of fused-ring (bicyclic) bond motifs is 4. The molecule has 3 aromatic heterocycles. The highest BCUT2D eigenvalue weighted by molar-refractivity contribution is 7.26. The molecule has 0 atom stereocenters. The van der Waals surface area contributed by atoms with Crippen LogP contribution in [0, 0.1) is 27.7 Å². The summed E-state index contributed by atoms with van der Waals surface area (Å²) >= 11 is 1.86. The minimum absolute atomic E-state index is 0.835. The number of thiophene rings is 1. The van der Waals surface area contributed by atoms with Crippen LogP contribution in [0.15, 0.2) is 95.5 Å². The van der Waals surface area contributed by atoms with E-state index < -0.39 is 0 Å². The predicted octanol–water partition coefficient (Wildman–Crippen LogP) is 10.4. The Kier molecular flexibility index (Phi) is 5.24. The van der Waals surface area contributed by atoms with Crippen molar-refractivity contribution in [1.29, 1.82) is 0 Å². The summed E-state index contributed by atoms with van der Waals surface area (Å²) in [5, 5.41) is 3.73. The van der Waals surface area contributed by atoms with Crippen LogP contribution in [0.3, 0.4) is 0 Å². The number of nitrogens with zero attached hydrogens (tertiary/aromatic N) is 1. The van der Waals surface area contributed by atoms with E-state index in [0.29, 0.717) is 0 Å². The number of pyridine rings is 1. The first-order chi connectivity index (χ1) is 18.5. The third-order valence-corrected chi connectivity index (χ3v) is 8.80. The molecule has 0 radical (unpaired) electrons. The van der Waals surface area contributed by atoms with Crippen molar-refractivity contribution >= 4 is 42.5 Å². The number of aryl methyl sites for hydroxylation is 4. The van der Waals surface area contributed by atoms with Crippen molar-refractivity contribution in [3.63, 3.8) is 0 Å². The Morgan fingerprint density at radius 2 is 1.42 bits per heavy atom. The molecule has 3 heteroatoms. The van der Waals surface area contributed by atoms with Gasteiger partial charge in [-0.3, -0.25) is 4.98 Å². The normalized spacial score (nSPS) is 11.7. The third kappa shape index (κ3) is 3.58. The Labute approximate surface area is 226 Å². The van der Waals surface area contributed by atoms with Gasteiger partial charge in [0.25, 0.3) is 0 Å². The first kappa shape index (κ1) is 22.9. The van der Waals surface area contributed by atoms with Gasteiger partial charge in [0, 0.05) is 48.4 Å². The fourth-order valence-corrected chi connectivity index (χ4v) is 7.07. The van der Waals surface area contributed by atoms with Gasteiger partial charge in [-0.2, -0.15) is 0 Å². The lowest BCUT2D eigenvalue weighted by Gasteiger charge is -2.09. The highest BCUT2D eigenvalue weighted by Gasteiger charge is 2.21. The summed E-state index contributed by atoms with van der Waals surface area (Å²) in [7, 11) is 0. The van der Waals surface area contributed by atoms with Gasteiger partial charge in [0.15, 0.2) is 5.58 Å². The average molecular weight is 510 g/mol. The first-order valence-electron chi connectivity index (χ1n) is 13.0. The molecule has 38 heavy (non-hydrogen) atoms. The Balaban J connectivity index is 1.53. The summed E-state index contributed by atoms with van der Waals surface area (Å²) in [5.74, 6) is 0.894. The van der Waals surface area contributed by atoms with E-state index in [1.54, 1.807) is 0 Å². The summed E-state index contributed by atoms with van der Waals surface area (Å²) in [6.45, 7) is 8.69. The molecule has 3 heterocycles. The molecule has 7 rings (SSSR count). The van der Waals surface area contributed by atoms with Crippen LogP contribution in [0.2, 0.25) is 0 Å². The maximum absolute atomic E-state index is 6.81. The second-order valence-electron chi connectivity index (χ2n) is 10.3. The quantitative estimate of drug-likeness (QED) is 0.237. The number of hydrogen-bond donors (Lipinski definition) is 0. The molecule has 0 fully saturated rings. The van der Waals surface area contributed by atoms with E-state index in [1.807, 2.05) is 23.6 Å². The molecule has 4 aromatic carbocycles. The molecule has 0 spiro atoms. The Morgan fingerprint density at radius 1 is 0.684 bits per heavy atom. The van der Waals surface area contributed by atoms with Gasteiger partial charge in [0.05, 0.1) is 0 Å². The van der Waals surface area contributed by atoms with E-state index in [1.165, 1.54) is 48.0 Å². The molecule has 0 amide bonds. The number of furan rings is 1. The van der Waals surface area contributed by atoms with Gasteiger partial charge in [-0.25, -0.2) is 0 Å². The van der Waals surface area contributed by atoms with Gasteiger partial charge in [0.1, 0.15) is 11.5 Å². The van der Waals surface area contributed by atoms with Gasteiger partial charge in [-0.1, -0.05) is 65.7 Å². The average Bonchev–Trinajstić information content (AvgIpc) is 3.50. The fourth-order valence-electron chi connectivity index (χ4n) is 5.88. The lowest BCUT2D eigenvalue weighted by molar-refractivity contribution is 0.630. The molecule has 0 bridgehead atoms. The van der Waals surface area contributed by atoms with Crippen molar-refractivity contribution in [3.8, 4) is 33.7 Å². The number of rotatable bonds is 3. The topological polar surface area (TPSA) is 26.0 Å². The molecule has 0 unspecified atom stereocenters. The van der Waals surface area contributed by atoms with Gasteiger partial charge in [-0.15, -0.1) is 11.3 Å². The van der Waals surface area contributed by atoms with E-state index in [0.717, 1.165) is 39.1 Å². The molecular formula is C35H27NOS. The molecular weight excluding hydrogens is 482 g/mol. The van der Waals surface area contributed by atoms with Gasteiger partial charge < -0.3 is 4.42 Å². The molecule has 0 aliphatic carbocycles. The smallest absolute Gasteiger partial charge is 0.161 e. The minimum atomic E-state index is 0.835. The molecule has 184 valence electrons. The van der Waals surface area contributed by atoms with Crippen LogP contribution in [0.25, 0.3) is 64.8 Å². The molecule has 0 aliphatic rings. The van der Waals surface area contributed by atoms with Crippen LogP contribution in [0.4, 0.5) is 0 Å². The standard InChI is InChI=1S/C35H27NOS/c1-20-14-21(2)16-25(15-20)33-34-27(29(19-36-33)24-10-6-5-7-11-24)18-30(37-34)32-22(3)17-28-26-12-8-9-13-31(26)38-35(28)23(32)4/h5-19H,1-4H3. The fraction of sp³-hybridized carbons (Fsp3) is 0.114. The largest absolute Gasteiger partial charge is 0.454 e. The first-order valence-corrected chi connectivity index (χ1v) is 13.8. The summed E-state index contributed by atoms with van der Waals surface area (Å²) in [6.07, 6.45) is 2.00. The van der Waals surface area contributed by atoms with Crippen LogP contribution in [0.1, 0.15) is 22.3 Å². The number of benzene rings is 4. The van der Waals surface area contributed by atoms with Crippen molar-refractivity contribution in [2.24, 2.45) is 0 Å². The highest BCUT2D eigenvalue weighted by Crippen LogP contribution is 2.44. The van der Waals surface area contributed by atoms with Gasteiger partial charge >= 0.3 is 0 Å². The second-order valence-corrected chi connectivity index (χ2v) is 11.3. The third-order valence-electron chi connectivity index (χ3n) is 7.49. The van der Waals surface area contributed by atoms with E-state index in [2.05, 4.69) is 107 Å². The Hall–Kier alpha value is -4.21. The van der Waals surface area contributed by atoms with E-state index in [9.17, 15) is 0 Å². The second kappa shape index (κ2) is 8.68. The maximum atomic E-state index is 6.81. The van der Waals surface area contributed by atoms with Crippen molar-refractivity contribution in [2.45, 2.75) is 27.7 Å². The molecule has 0 saturated heterocycles. The van der Waals surface area contributed by atoms with Gasteiger partial charge in [0.2, 0.25) is 0 Å². The zero-order valence-electron chi connectivity index (χ0n) is 21.9. The van der Waals surface area contributed by atoms with E-state index in [-0.39, 0.29) is 0 Å². The number of aromatic nitrogens is 1. The zero-order chi connectivity index (χ0) is 26.0. The SMILES string of the molecule is Cc1cc(C)cc(-c2ncc(-c3ccccc3)c3cc(-c4c(C)cc5c(sc6ccccc65)c4C)oc23)c1. The lowest BCUT2D eigenvalue weighted by atomic mass is 9.96. The Morgan fingerprint density at radius 3 is 2.21 bits per heavy atom. The van der Waals surface area contributed by atoms with Gasteiger partial charge in [-0.05, 0) is 74.7 Å². The molecule has 7 aromatic rings. The van der Waals surface area contributed by atoms with Crippen LogP contribution >= 0.6 is 11.3 Å². The molecule has 0 saturated carbocycles. The molecule has 0 aliphatic heterocycles. The van der Waals surface area contributed by atoms with Crippen molar-refractivity contribution < 1.29 is 4.42 Å². The predicted molar refractivity (Wildman–Crippen MR) is 162 cm³/mol.